The lowest BCUT2D eigenvalue weighted by Crippen LogP contribution is -3.00. The molecule has 0 radical (unpaired) electrons. The van der Waals surface area contributed by atoms with Gasteiger partial charge in [0.05, 0.1) is 78.5 Å². The van der Waals surface area contributed by atoms with Crippen LogP contribution in [0.15, 0.2) is 0 Å². The number of hydrogen-bond donors (Lipinski definition) is 0. The molecule has 0 saturated carbocycles. The average molecular weight is 566 g/mol. The molecule has 8 heteroatoms. The normalized spacial score (nSPS) is 24.1. The van der Waals surface area contributed by atoms with Crippen molar-refractivity contribution in [2.75, 3.05) is 78.5 Å². The van der Waals surface area contributed by atoms with Crippen LogP contribution in [0.5, 0.6) is 0 Å². The standard InChI is InChI=1S/C23H42N4O2.2BrH/c28-22(24-10-18-26(19-11-24)14-4-5-15-26)8-2-1-3-9-23(29)25-12-20-27(21-13-25)16-6-7-17-27;;/h1-21H2;2*1H/q+2;;/p-2. The van der Waals surface area contributed by atoms with Crippen LogP contribution in [0.3, 0.4) is 0 Å². The van der Waals surface area contributed by atoms with E-state index in [0.29, 0.717) is 24.7 Å². The van der Waals surface area contributed by atoms with Crippen LogP contribution in [0.2, 0.25) is 0 Å². The lowest BCUT2D eigenvalue weighted by atomic mass is 10.1. The van der Waals surface area contributed by atoms with Crippen LogP contribution in [0.1, 0.15) is 57.8 Å². The van der Waals surface area contributed by atoms with Gasteiger partial charge in [0.25, 0.3) is 0 Å². The number of carbonyl (C=O) groups excluding carboxylic acids is 2. The Kier molecular flexibility index (Phi) is 10.8. The molecule has 180 valence electrons. The molecule has 4 aliphatic rings. The summed E-state index contributed by atoms with van der Waals surface area (Å²) in [5.41, 5.74) is 0. The fourth-order valence-corrected chi connectivity index (χ4v) is 6.23. The highest BCUT2D eigenvalue weighted by atomic mass is 79.9. The molecule has 0 aliphatic carbocycles. The Morgan fingerprint density at radius 1 is 0.516 bits per heavy atom. The van der Waals surface area contributed by atoms with Crippen LogP contribution in [-0.2, 0) is 9.59 Å². The van der Waals surface area contributed by atoms with Crippen molar-refractivity contribution in [2.45, 2.75) is 57.8 Å². The van der Waals surface area contributed by atoms with Crippen LogP contribution in [0, 0.1) is 0 Å². The van der Waals surface area contributed by atoms with Gasteiger partial charge in [0, 0.05) is 38.5 Å². The first-order chi connectivity index (χ1) is 14.1. The van der Waals surface area contributed by atoms with Crippen molar-refractivity contribution < 1.29 is 52.5 Å². The van der Waals surface area contributed by atoms with Gasteiger partial charge < -0.3 is 52.7 Å². The van der Waals surface area contributed by atoms with Gasteiger partial charge in [0.1, 0.15) is 0 Å². The number of nitrogens with zero attached hydrogens (tertiary/aromatic N) is 4. The zero-order valence-corrected chi connectivity index (χ0v) is 22.4. The Morgan fingerprint density at radius 3 is 1.16 bits per heavy atom. The second-order valence-corrected chi connectivity index (χ2v) is 10.2. The molecule has 4 rings (SSSR count). The Morgan fingerprint density at radius 2 is 0.839 bits per heavy atom. The highest BCUT2D eigenvalue weighted by Crippen LogP contribution is 2.24. The van der Waals surface area contributed by atoms with E-state index < -0.39 is 0 Å². The summed E-state index contributed by atoms with van der Waals surface area (Å²) in [6.45, 7) is 13.8. The minimum atomic E-state index is 0. The first-order valence-corrected chi connectivity index (χ1v) is 12.4. The average Bonchev–Trinajstić information content (AvgIpc) is 3.39. The van der Waals surface area contributed by atoms with Gasteiger partial charge in [-0.25, -0.2) is 0 Å². The molecule has 0 aromatic carbocycles. The topological polar surface area (TPSA) is 40.6 Å². The summed E-state index contributed by atoms with van der Waals surface area (Å²) >= 11 is 0. The first kappa shape index (κ1) is 27.1. The third-order valence-corrected chi connectivity index (χ3v) is 8.39. The number of carbonyl (C=O) groups is 2. The van der Waals surface area contributed by atoms with Crippen molar-refractivity contribution in [2.24, 2.45) is 0 Å². The van der Waals surface area contributed by atoms with Crippen LogP contribution < -0.4 is 34.0 Å². The molecule has 0 aromatic rings. The molecule has 0 aromatic heterocycles. The molecule has 0 atom stereocenters. The zero-order chi connectivity index (χ0) is 20.2. The van der Waals surface area contributed by atoms with Crippen LogP contribution in [0.4, 0.5) is 0 Å². The molecule has 31 heavy (non-hydrogen) atoms. The molecule has 4 saturated heterocycles. The number of quaternary nitrogens is 2. The van der Waals surface area contributed by atoms with Gasteiger partial charge in [-0.1, -0.05) is 6.42 Å². The molecule has 0 N–H and O–H groups in total. The molecule has 2 spiro atoms. The maximum atomic E-state index is 12.5. The van der Waals surface area contributed by atoms with Crippen LogP contribution in [-0.4, -0.2) is 109 Å². The summed E-state index contributed by atoms with van der Waals surface area (Å²) in [6, 6.07) is 0. The first-order valence-electron chi connectivity index (χ1n) is 12.4. The third-order valence-electron chi connectivity index (χ3n) is 8.39. The van der Waals surface area contributed by atoms with Gasteiger partial charge >= 0.3 is 0 Å². The van der Waals surface area contributed by atoms with Crippen LogP contribution >= 0.6 is 0 Å². The van der Waals surface area contributed by atoms with Crippen molar-refractivity contribution in [3.63, 3.8) is 0 Å². The van der Waals surface area contributed by atoms with Crippen molar-refractivity contribution in [3.05, 3.63) is 0 Å². The van der Waals surface area contributed by atoms with Crippen LogP contribution in [0.25, 0.3) is 0 Å². The Labute approximate surface area is 210 Å². The molecule has 2 amide bonds. The van der Waals surface area contributed by atoms with E-state index in [4.69, 9.17) is 0 Å². The maximum Gasteiger partial charge on any atom is 0.222 e. The largest absolute Gasteiger partial charge is 1.00 e. The van der Waals surface area contributed by atoms with E-state index >= 15 is 0 Å². The van der Waals surface area contributed by atoms with Crippen molar-refractivity contribution in [3.8, 4) is 0 Å². The molecule has 0 unspecified atom stereocenters. The lowest BCUT2D eigenvalue weighted by Gasteiger charge is -2.42. The number of rotatable bonds is 6. The zero-order valence-electron chi connectivity index (χ0n) is 19.2. The summed E-state index contributed by atoms with van der Waals surface area (Å²) in [6.07, 6.45) is 9.66. The van der Waals surface area contributed by atoms with Crippen molar-refractivity contribution >= 4 is 11.8 Å². The number of piperazine rings is 2. The minimum Gasteiger partial charge on any atom is -1.00 e. The van der Waals surface area contributed by atoms with E-state index in [9.17, 15) is 9.59 Å². The fourth-order valence-electron chi connectivity index (χ4n) is 6.23. The molecular formula is C23H42Br2N4O2. The molecule has 4 aliphatic heterocycles. The van der Waals surface area contributed by atoms with E-state index in [-0.39, 0.29) is 34.0 Å². The monoisotopic (exact) mass is 564 g/mol. The smallest absolute Gasteiger partial charge is 0.222 e. The number of hydrogen-bond acceptors (Lipinski definition) is 2. The second kappa shape index (κ2) is 12.3. The van der Waals surface area contributed by atoms with Gasteiger partial charge in [-0.2, -0.15) is 0 Å². The van der Waals surface area contributed by atoms with Crippen molar-refractivity contribution in [1.82, 2.24) is 9.80 Å². The quantitative estimate of drug-likeness (QED) is 0.242. The summed E-state index contributed by atoms with van der Waals surface area (Å²) in [5.74, 6) is 0.674. The minimum absolute atomic E-state index is 0. The fraction of sp³-hybridized carbons (Fsp3) is 0.913. The Balaban J connectivity index is 0.00000171. The summed E-state index contributed by atoms with van der Waals surface area (Å²) in [7, 11) is 0. The number of halogens is 2. The summed E-state index contributed by atoms with van der Waals surface area (Å²) < 4.78 is 2.53. The third kappa shape index (κ3) is 6.90. The van der Waals surface area contributed by atoms with E-state index in [1.165, 1.54) is 60.8 Å². The summed E-state index contributed by atoms with van der Waals surface area (Å²) in [5, 5.41) is 0. The number of unbranched alkanes of at least 4 members (excludes halogenated alkanes) is 2. The second-order valence-electron chi connectivity index (χ2n) is 10.2. The van der Waals surface area contributed by atoms with E-state index in [1.807, 2.05) is 0 Å². The van der Waals surface area contributed by atoms with Gasteiger partial charge in [-0.3, -0.25) is 9.59 Å². The molecular weight excluding hydrogens is 524 g/mol. The van der Waals surface area contributed by atoms with E-state index in [0.717, 1.165) is 71.6 Å². The predicted octanol–water partition coefficient (Wildman–Crippen LogP) is -4.15. The SMILES string of the molecule is O=C(CCCCCC(=O)N1CC[N+]2(CCCC2)CC1)N1CC[N+]2(CCCC2)CC1.[Br-].[Br-]. The van der Waals surface area contributed by atoms with Gasteiger partial charge in [0.15, 0.2) is 0 Å². The summed E-state index contributed by atoms with van der Waals surface area (Å²) in [4.78, 5) is 29.2. The predicted molar refractivity (Wildman–Crippen MR) is 114 cm³/mol. The van der Waals surface area contributed by atoms with Gasteiger partial charge in [0.2, 0.25) is 11.8 Å². The van der Waals surface area contributed by atoms with Gasteiger partial charge in [-0.05, 0) is 12.8 Å². The molecule has 4 fully saturated rings. The van der Waals surface area contributed by atoms with E-state index in [2.05, 4.69) is 9.80 Å². The number of amides is 2. The Bertz CT molecular complexity index is 522. The highest BCUT2D eigenvalue weighted by Gasteiger charge is 2.37. The van der Waals surface area contributed by atoms with E-state index in [1.54, 1.807) is 0 Å². The Hall–Kier alpha value is -0.180. The highest BCUT2D eigenvalue weighted by molar-refractivity contribution is 5.76. The molecule has 6 nitrogen and oxygen atoms in total. The molecule has 4 heterocycles. The maximum absolute atomic E-state index is 12.5. The lowest BCUT2D eigenvalue weighted by molar-refractivity contribution is -0.920. The molecule has 0 bridgehead atoms. The van der Waals surface area contributed by atoms with Gasteiger partial charge in [-0.15, -0.1) is 0 Å². The van der Waals surface area contributed by atoms with Crippen molar-refractivity contribution in [1.29, 1.82) is 0 Å².